The first-order valence-electron chi connectivity index (χ1n) is 6.21. The van der Waals surface area contributed by atoms with Crippen LogP contribution in [0.25, 0.3) is 0 Å². The molecule has 0 bridgehead atoms. The van der Waals surface area contributed by atoms with E-state index >= 15 is 0 Å². The van der Waals surface area contributed by atoms with E-state index in [1.165, 1.54) is 32.4 Å². The fraction of sp³-hybridized carbons (Fsp3) is 1.00. The van der Waals surface area contributed by atoms with Gasteiger partial charge in [0.1, 0.15) is 0 Å². The number of piperazine rings is 1. The summed E-state index contributed by atoms with van der Waals surface area (Å²) < 4.78 is 0. The van der Waals surface area contributed by atoms with Crippen LogP contribution in [0.5, 0.6) is 0 Å². The van der Waals surface area contributed by atoms with E-state index in [0.29, 0.717) is 6.04 Å². The molecule has 0 radical (unpaired) electrons. The highest BCUT2D eigenvalue weighted by Crippen LogP contribution is 2.18. The molecule has 14 heavy (non-hydrogen) atoms. The van der Waals surface area contributed by atoms with Crippen LogP contribution < -0.4 is 5.32 Å². The van der Waals surface area contributed by atoms with Crippen LogP contribution in [-0.2, 0) is 0 Å². The van der Waals surface area contributed by atoms with Gasteiger partial charge in [0.25, 0.3) is 0 Å². The minimum absolute atomic E-state index is 0.665. The fourth-order valence-electron chi connectivity index (χ4n) is 2.57. The molecule has 0 saturated carbocycles. The summed E-state index contributed by atoms with van der Waals surface area (Å²) in [7, 11) is 0. The molecule has 1 aliphatic heterocycles. The third-order valence-corrected chi connectivity index (χ3v) is 3.54. The molecule has 1 heterocycles. The predicted molar refractivity (Wildman–Crippen MR) is 62.6 cm³/mol. The molecular formula is C12H26N2. The smallest absolute Gasteiger partial charge is 0.0221 e. The number of nitrogens with one attached hydrogen (secondary N) is 1. The highest BCUT2D eigenvalue weighted by atomic mass is 15.2. The zero-order valence-corrected chi connectivity index (χ0v) is 10.2. The fourth-order valence-corrected chi connectivity index (χ4v) is 2.57. The maximum atomic E-state index is 3.57. The van der Waals surface area contributed by atoms with Crippen LogP contribution in [0.1, 0.15) is 47.0 Å². The van der Waals surface area contributed by atoms with Gasteiger partial charge in [0.05, 0.1) is 0 Å². The first-order chi connectivity index (χ1) is 6.72. The van der Waals surface area contributed by atoms with Crippen molar-refractivity contribution in [2.75, 3.05) is 13.1 Å². The third-order valence-electron chi connectivity index (χ3n) is 3.54. The summed E-state index contributed by atoms with van der Waals surface area (Å²) in [4.78, 5) is 2.72. The lowest BCUT2D eigenvalue weighted by Crippen LogP contribution is -2.58. The average molecular weight is 198 g/mol. The van der Waals surface area contributed by atoms with Crippen molar-refractivity contribution in [3.63, 3.8) is 0 Å². The lowest BCUT2D eigenvalue weighted by Gasteiger charge is -2.43. The lowest BCUT2D eigenvalue weighted by atomic mass is 10.0. The summed E-state index contributed by atoms with van der Waals surface area (Å²) in [5, 5.41) is 3.57. The van der Waals surface area contributed by atoms with E-state index in [2.05, 4.69) is 37.9 Å². The van der Waals surface area contributed by atoms with Gasteiger partial charge in [-0.25, -0.2) is 0 Å². The van der Waals surface area contributed by atoms with Crippen molar-refractivity contribution in [2.24, 2.45) is 0 Å². The van der Waals surface area contributed by atoms with Gasteiger partial charge in [-0.15, -0.1) is 0 Å². The van der Waals surface area contributed by atoms with E-state index in [0.717, 1.165) is 12.1 Å². The van der Waals surface area contributed by atoms with Gasteiger partial charge in [-0.1, -0.05) is 20.8 Å². The van der Waals surface area contributed by atoms with Gasteiger partial charge in [0.15, 0.2) is 0 Å². The molecule has 0 aromatic rings. The van der Waals surface area contributed by atoms with E-state index in [1.807, 2.05) is 0 Å². The molecule has 2 nitrogen and oxygen atoms in total. The third kappa shape index (κ3) is 2.71. The zero-order chi connectivity index (χ0) is 10.6. The van der Waals surface area contributed by atoms with E-state index in [1.54, 1.807) is 0 Å². The van der Waals surface area contributed by atoms with Crippen molar-refractivity contribution in [3.05, 3.63) is 0 Å². The second-order valence-corrected chi connectivity index (χ2v) is 4.54. The first kappa shape index (κ1) is 12.0. The lowest BCUT2D eigenvalue weighted by molar-refractivity contribution is 0.0781. The largest absolute Gasteiger partial charge is 0.311 e. The SMILES string of the molecule is CCC(CC)N1CC(C)NCC1CC. The van der Waals surface area contributed by atoms with Crippen LogP contribution in [0.4, 0.5) is 0 Å². The molecular weight excluding hydrogens is 172 g/mol. The van der Waals surface area contributed by atoms with Crippen LogP contribution >= 0.6 is 0 Å². The summed E-state index contributed by atoms with van der Waals surface area (Å²) in [6, 6.07) is 2.22. The highest BCUT2D eigenvalue weighted by molar-refractivity contribution is 4.86. The van der Waals surface area contributed by atoms with Crippen LogP contribution in [0.2, 0.25) is 0 Å². The van der Waals surface area contributed by atoms with Crippen molar-refractivity contribution in [1.82, 2.24) is 10.2 Å². The predicted octanol–water partition coefficient (Wildman–Crippen LogP) is 2.25. The molecule has 2 heteroatoms. The number of rotatable bonds is 4. The molecule has 0 spiro atoms. The molecule has 1 fully saturated rings. The molecule has 1 rings (SSSR count). The van der Waals surface area contributed by atoms with Gasteiger partial charge in [-0.05, 0) is 26.2 Å². The van der Waals surface area contributed by atoms with Crippen molar-refractivity contribution in [1.29, 1.82) is 0 Å². The Morgan fingerprint density at radius 3 is 2.43 bits per heavy atom. The average Bonchev–Trinajstić information content (AvgIpc) is 2.20. The zero-order valence-electron chi connectivity index (χ0n) is 10.2. The van der Waals surface area contributed by atoms with Crippen molar-refractivity contribution < 1.29 is 0 Å². The molecule has 0 aromatic carbocycles. The summed E-state index contributed by atoms with van der Waals surface area (Å²) in [5.74, 6) is 0. The summed E-state index contributed by atoms with van der Waals surface area (Å²) in [6.45, 7) is 11.6. The molecule has 0 aliphatic carbocycles. The molecule has 0 amide bonds. The second kappa shape index (κ2) is 5.72. The minimum atomic E-state index is 0.665. The van der Waals surface area contributed by atoms with Gasteiger partial charge >= 0.3 is 0 Å². The maximum absolute atomic E-state index is 3.57. The Hall–Kier alpha value is -0.0800. The molecule has 1 saturated heterocycles. The Bertz CT molecular complexity index is 147. The van der Waals surface area contributed by atoms with Gasteiger partial charge in [0.2, 0.25) is 0 Å². The van der Waals surface area contributed by atoms with Gasteiger partial charge in [-0.2, -0.15) is 0 Å². The molecule has 2 atom stereocenters. The summed E-state index contributed by atoms with van der Waals surface area (Å²) >= 11 is 0. The molecule has 84 valence electrons. The Morgan fingerprint density at radius 1 is 1.29 bits per heavy atom. The number of hydrogen-bond acceptors (Lipinski definition) is 2. The van der Waals surface area contributed by atoms with E-state index in [-0.39, 0.29) is 0 Å². The second-order valence-electron chi connectivity index (χ2n) is 4.54. The van der Waals surface area contributed by atoms with Crippen LogP contribution in [-0.4, -0.2) is 36.1 Å². The minimum Gasteiger partial charge on any atom is -0.311 e. The van der Waals surface area contributed by atoms with Gasteiger partial charge < -0.3 is 5.32 Å². The Balaban J connectivity index is 2.59. The van der Waals surface area contributed by atoms with Gasteiger partial charge in [0, 0.05) is 31.2 Å². The van der Waals surface area contributed by atoms with Crippen LogP contribution in [0.3, 0.4) is 0 Å². The quantitative estimate of drug-likeness (QED) is 0.745. The Morgan fingerprint density at radius 2 is 1.93 bits per heavy atom. The van der Waals surface area contributed by atoms with Crippen molar-refractivity contribution in [3.8, 4) is 0 Å². The summed E-state index contributed by atoms with van der Waals surface area (Å²) in [5.41, 5.74) is 0. The van der Waals surface area contributed by atoms with Gasteiger partial charge in [-0.3, -0.25) is 4.90 Å². The Kier molecular flexibility index (Phi) is 4.90. The summed E-state index contributed by atoms with van der Waals surface area (Å²) in [6.07, 6.45) is 3.86. The molecule has 2 unspecified atom stereocenters. The Labute approximate surface area is 89.1 Å². The monoisotopic (exact) mass is 198 g/mol. The van der Waals surface area contributed by atoms with Crippen LogP contribution in [0.15, 0.2) is 0 Å². The highest BCUT2D eigenvalue weighted by Gasteiger charge is 2.28. The van der Waals surface area contributed by atoms with Crippen molar-refractivity contribution >= 4 is 0 Å². The van der Waals surface area contributed by atoms with Crippen molar-refractivity contribution in [2.45, 2.75) is 65.1 Å². The first-order valence-corrected chi connectivity index (χ1v) is 6.21. The van der Waals surface area contributed by atoms with E-state index in [4.69, 9.17) is 0 Å². The molecule has 0 aromatic heterocycles. The molecule has 1 aliphatic rings. The molecule has 1 N–H and O–H groups in total. The van der Waals surface area contributed by atoms with Crippen LogP contribution in [0, 0.1) is 0 Å². The normalized spacial score (nSPS) is 29.8. The number of nitrogens with zero attached hydrogens (tertiary/aromatic N) is 1. The van der Waals surface area contributed by atoms with E-state index < -0.39 is 0 Å². The standard InChI is InChI=1S/C12H26N2/c1-5-11(6-2)14-9-10(4)13-8-12(14)7-3/h10-13H,5-9H2,1-4H3. The maximum Gasteiger partial charge on any atom is 0.0221 e. The van der Waals surface area contributed by atoms with E-state index in [9.17, 15) is 0 Å². The number of hydrogen-bond donors (Lipinski definition) is 1. The topological polar surface area (TPSA) is 15.3 Å².